The second-order valence-corrected chi connectivity index (χ2v) is 10.2. The molecule has 0 bridgehead atoms. The summed E-state index contributed by atoms with van der Waals surface area (Å²) < 4.78 is 14.5. The van der Waals surface area contributed by atoms with Gasteiger partial charge in [-0.2, -0.15) is 11.3 Å². The van der Waals surface area contributed by atoms with Gasteiger partial charge < -0.3 is 14.7 Å². The first-order valence-corrected chi connectivity index (χ1v) is 12.9. The molecule has 2 saturated heterocycles. The summed E-state index contributed by atoms with van der Waals surface area (Å²) in [6.45, 7) is 5.31. The lowest BCUT2D eigenvalue weighted by molar-refractivity contribution is -0.130. The third kappa shape index (κ3) is 5.64. The molecular formula is C26H34FN3O2S. The van der Waals surface area contributed by atoms with Gasteiger partial charge in [-0.15, -0.1) is 0 Å². The van der Waals surface area contributed by atoms with Crippen LogP contribution in [0.4, 0.5) is 4.39 Å². The molecule has 1 atom stereocenters. The van der Waals surface area contributed by atoms with Gasteiger partial charge in [0.1, 0.15) is 5.82 Å². The first kappa shape index (κ1) is 23.9. The van der Waals surface area contributed by atoms with Crippen molar-refractivity contribution in [2.24, 2.45) is 5.92 Å². The average Bonchev–Trinajstić information content (AvgIpc) is 3.38. The van der Waals surface area contributed by atoms with Crippen molar-refractivity contribution in [2.45, 2.75) is 51.1 Å². The number of benzene rings is 1. The summed E-state index contributed by atoms with van der Waals surface area (Å²) >= 11 is 1.52. The van der Waals surface area contributed by atoms with E-state index >= 15 is 0 Å². The standard InChI is InChI=1S/C26H34FN3O2S/c1-19(31)29-14-9-23(10-15-29)30-12-7-20(8-13-30)25(17-21-5-3-4-6-24(21)27)28(2)26(32)22-11-16-33-18-22/h3-6,11,16,18,20,23,25H,7-10,12-15,17H2,1-2H3. The fourth-order valence-corrected chi connectivity index (χ4v) is 6.09. The van der Waals surface area contributed by atoms with Crippen molar-refractivity contribution >= 4 is 23.2 Å². The zero-order chi connectivity index (χ0) is 23.4. The van der Waals surface area contributed by atoms with Crippen LogP contribution in [0.1, 0.15) is 48.5 Å². The van der Waals surface area contributed by atoms with E-state index in [2.05, 4.69) is 4.90 Å². The zero-order valence-electron chi connectivity index (χ0n) is 19.6. The maximum absolute atomic E-state index is 14.5. The molecule has 1 aromatic heterocycles. The molecular weight excluding hydrogens is 437 g/mol. The highest BCUT2D eigenvalue weighted by molar-refractivity contribution is 7.08. The van der Waals surface area contributed by atoms with Crippen molar-refractivity contribution < 1.29 is 14.0 Å². The first-order valence-electron chi connectivity index (χ1n) is 12.0. The predicted octanol–water partition coefficient (Wildman–Crippen LogP) is 4.29. The fraction of sp³-hybridized carbons (Fsp3) is 0.538. The second-order valence-electron chi connectivity index (χ2n) is 9.40. The average molecular weight is 472 g/mol. The Hall–Kier alpha value is -2.25. The van der Waals surface area contributed by atoms with Crippen molar-refractivity contribution in [3.8, 4) is 0 Å². The van der Waals surface area contributed by atoms with E-state index in [-0.39, 0.29) is 23.7 Å². The molecule has 1 unspecified atom stereocenters. The summed E-state index contributed by atoms with van der Waals surface area (Å²) in [5.74, 6) is 0.303. The van der Waals surface area contributed by atoms with Crippen molar-refractivity contribution in [2.75, 3.05) is 33.2 Å². The molecule has 2 amide bonds. The van der Waals surface area contributed by atoms with Crippen LogP contribution in [-0.4, -0.2) is 71.8 Å². The molecule has 0 radical (unpaired) electrons. The lowest BCUT2D eigenvalue weighted by Crippen LogP contribution is -2.51. The Balaban J connectivity index is 1.43. The minimum atomic E-state index is -0.200. The second kappa shape index (κ2) is 10.8. The van der Waals surface area contributed by atoms with Gasteiger partial charge in [0.15, 0.2) is 0 Å². The minimum Gasteiger partial charge on any atom is -0.343 e. The molecule has 1 aromatic carbocycles. The molecule has 2 aliphatic rings. The predicted molar refractivity (Wildman–Crippen MR) is 130 cm³/mol. The molecule has 0 N–H and O–H groups in total. The van der Waals surface area contributed by atoms with E-state index < -0.39 is 0 Å². The van der Waals surface area contributed by atoms with Crippen LogP contribution in [0.2, 0.25) is 0 Å². The van der Waals surface area contributed by atoms with Crippen molar-refractivity contribution in [1.82, 2.24) is 14.7 Å². The number of thiophene rings is 1. The maximum Gasteiger partial charge on any atom is 0.254 e. The van der Waals surface area contributed by atoms with Gasteiger partial charge in [0, 0.05) is 44.5 Å². The Morgan fingerprint density at radius 2 is 1.79 bits per heavy atom. The Bertz CT molecular complexity index is 935. The Labute approximate surface area is 200 Å². The van der Waals surface area contributed by atoms with Gasteiger partial charge in [-0.05, 0) is 74.2 Å². The van der Waals surface area contributed by atoms with Crippen molar-refractivity contribution in [3.63, 3.8) is 0 Å². The van der Waals surface area contributed by atoms with Gasteiger partial charge in [0.2, 0.25) is 5.91 Å². The summed E-state index contributed by atoms with van der Waals surface area (Å²) in [6.07, 6.45) is 4.57. The van der Waals surface area contributed by atoms with Crippen LogP contribution in [0.3, 0.4) is 0 Å². The minimum absolute atomic E-state index is 0.0108. The summed E-state index contributed by atoms with van der Waals surface area (Å²) in [6, 6.07) is 9.26. The quantitative estimate of drug-likeness (QED) is 0.631. The van der Waals surface area contributed by atoms with Crippen LogP contribution in [0.5, 0.6) is 0 Å². The van der Waals surface area contributed by atoms with E-state index in [1.165, 1.54) is 17.4 Å². The highest BCUT2D eigenvalue weighted by Gasteiger charge is 2.35. The number of likely N-dealkylation sites (N-methyl/N-ethyl adjacent to an activating group) is 1. The lowest BCUT2D eigenvalue weighted by atomic mass is 9.83. The van der Waals surface area contributed by atoms with Crippen LogP contribution in [0.15, 0.2) is 41.1 Å². The SMILES string of the molecule is CC(=O)N1CCC(N2CCC(C(Cc3ccccc3F)N(C)C(=O)c3ccsc3)CC2)CC1. The number of likely N-dealkylation sites (tertiary alicyclic amines) is 2. The number of piperidine rings is 2. The van der Waals surface area contributed by atoms with Gasteiger partial charge in [-0.25, -0.2) is 4.39 Å². The number of nitrogens with zero attached hydrogens (tertiary/aromatic N) is 3. The molecule has 2 aliphatic heterocycles. The van der Waals surface area contributed by atoms with Crippen molar-refractivity contribution in [3.05, 3.63) is 58.0 Å². The van der Waals surface area contributed by atoms with E-state index in [1.54, 1.807) is 13.0 Å². The van der Waals surface area contributed by atoms with Crippen LogP contribution in [-0.2, 0) is 11.2 Å². The molecule has 178 valence electrons. The summed E-state index contributed by atoms with van der Waals surface area (Å²) in [5, 5.41) is 3.80. The summed E-state index contributed by atoms with van der Waals surface area (Å²) in [7, 11) is 1.87. The molecule has 0 aliphatic carbocycles. The number of hydrogen-bond donors (Lipinski definition) is 0. The Morgan fingerprint density at radius 1 is 1.09 bits per heavy atom. The van der Waals surface area contributed by atoms with E-state index in [0.29, 0.717) is 29.5 Å². The lowest BCUT2D eigenvalue weighted by Gasteiger charge is -2.44. The van der Waals surface area contributed by atoms with Gasteiger partial charge in [-0.3, -0.25) is 9.59 Å². The van der Waals surface area contributed by atoms with Crippen LogP contribution in [0, 0.1) is 11.7 Å². The zero-order valence-corrected chi connectivity index (χ0v) is 20.4. The molecule has 0 saturated carbocycles. The summed E-state index contributed by atoms with van der Waals surface area (Å²) in [4.78, 5) is 31.1. The number of rotatable bonds is 6. The molecule has 4 rings (SSSR count). The molecule has 3 heterocycles. The van der Waals surface area contributed by atoms with E-state index in [1.807, 2.05) is 45.8 Å². The van der Waals surface area contributed by atoms with Gasteiger partial charge in [0.05, 0.1) is 5.56 Å². The summed E-state index contributed by atoms with van der Waals surface area (Å²) in [5.41, 5.74) is 1.38. The van der Waals surface area contributed by atoms with Gasteiger partial charge in [-0.1, -0.05) is 18.2 Å². The topological polar surface area (TPSA) is 43.9 Å². The van der Waals surface area contributed by atoms with Crippen molar-refractivity contribution in [1.29, 1.82) is 0 Å². The fourth-order valence-electron chi connectivity index (χ4n) is 5.46. The number of amides is 2. The number of halogens is 1. The van der Waals surface area contributed by atoms with Crippen LogP contribution >= 0.6 is 11.3 Å². The Kier molecular flexibility index (Phi) is 7.81. The molecule has 5 nitrogen and oxygen atoms in total. The smallest absolute Gasteiger partial charge is 0.254 e. The maximum atomic E-state index is 14.5. The van der Waals surface area contributed by atoms with Crippen LogP contribution in [0.25, 0.3) is 0 Å². The van der Waals surface area contributed by atoms with Gasteiger partial charge in [0.25, 0.3) is 5.91 Å². The molecule has 2 aromatic rings. The Morgan fingerprint density at radius 3 is 2.39 bits per heavy atom. The number of carbonyl (C=O) groups excluding carboxylic acids is 2. The van der Waals surface area contributed by atoms with Gasteiger partial charge >= 0.3 is 0 Å². The third-order valence-corrected chi connectivity index (χ3v) is 8.20. The van der Waals surface area contributed by atoms with E-state index in [4.69, 9.17) is 0 Å². The molecule has 33 heavy (non-hydrogen) atoms. The molecule has 7 heteroatoms. The number of carbonyl (C=O) groups is 2. The first-order chi connectivity index (χ1) is 15.9. The van der Waals surface area contributed by atoms with Crippen LogP contribution < -0.4 is 0 Å². The van der Waals surface area contributed by atoms with E-state index in [9.17, 15) is 14.0 Å². The molecule has 2 fully saturated rings. The largest absolute Gasteiger partial charge is 0.343 e. The highest BCUT2D eigenvalue weighted by atomic mass is 32.1. The highest BCUT2D eigenvalue weighted by Crippen LogP contribution is 2.30. The monoisotopic (exact) mass is 471 g/mol. The normalized spacial score (nSPS) is 19.4. The third-order valence-electron chi connectivity index (χ3n) is 7.52. The van der Waals surface area contributed by atoms with E-state index in [0.717, 1.165) is 51.9 Å². The molecule has 0 spiro atoms. The number of hydrogen-bond acceptors (Lipinski definition) is 4.